The fourth-order valence-electron chi connectivity index (χ4n) is 3.91. The summed E-state index contributed by atoms with van der Waals surface area (Å²) in [5, 5.41) is 9.49. The van der Waals surface area contributed by atoms with E-state index in [0.29, 0.717) is 18.7 Å². The molecule has 0 aromatic rings. The number of aliphatic hydroxyl groups excluding tert-OH is 1. The van der Waals surface area contributed by atoms with Gasteiger partial charge in [-0.05, 0) is 56.6 Å². The Bertz CT molecular complexity index is 275. The van der Waals surface area contributed by atoms with Crippen LogP contribution < -0.4 is 0 Å². The number of aliphatic hydroxyl groups is 1. The van der Waals surface area contributed by atoms with Gasteiger partial charge < -0.3 is 9.84 Å². The highest BCUT2D eigenvalue weighted by Crippen LogP contribution is 2.40. The SMILES string of the molecule is OC[C@H]1CCCN1C1CCOC2(CCSCC2)C1. The standard InChI is InChI=1S/C14H25NO2S/c16-11-13-2-1-6-15(13)12-3-7-17-14(10-12)4-8-18-9-5-14/h12-13,16H,1-11H2/t12?,13-/m1/s1. The predicted octanol–water partition coefficient (Wildman–Crippen LogP) is 1.89. The van der Waals surface area contributed by atoms with E-state index in [1.807, 2.05) is 0 Å². The Morgan fingerprint density at radius 1 is 1.28 bits per heavy atom. The number of hydrogen-bond donors (Lipinski definition) is 1. The number of rotatable bonds is 2. The smallest absolute Gasteiger partial charge is 0.0713 e. The third-order valence-electron chi connectivity index (χ3n) is 4.97. The summed E-state index contributed by atoms with van der Waals surface area (Å²) in [4.78, 5) is 2.58. The van der Waals surface area contributed by atoms with Gasteiger partial charge in [0.1, 0.15) is 0 Å². The van der Waals surface area contributed by atoms with Crippen LogP contribution in [-0.4, -0.2) is 59.0 Å². The van der Waals surface area contributed by atoms with Gasteiger partial charge in [0.05, 0.1) is 12.2 Å². The first kappa shape index (κ1) is 13.2. The number of ether oxygens (including phenoxy) is 1. The Labute approximate surface area is 114 Å². The minimum absolute atomic E-state index is 0.177. The maximum Gasteiger partial charge on any atom is 0.0713 e. The van der Waals surface area contributed by atoms with Crippen molar-refractivity contribution in [3.8, 4) is 0 Å². The fraction of sp³-hybridized carbons (Fsp3) is 1.00. The monoisotopic (exact) mass is 271 g/mol. The zero-order valence-corrected chi connectivity index (χ0v) is 12.0. The lowest BCUT2D eigenvalue weighted by molar-refractivity contribution is -0.113. The Balaban J connectivity index is 1.66. The second-order valence-corrected chi connectivity index (χ2v) is 7.23. The van der Waals surface area contributed by atoms with Crippen LogP contribution in [0.15, 0.2) is 0 Å². The van der Waals surface area contributed by atoms with Crippen molar-refractivity contribution in [3.63, 3.8) is 0 Å². The zero-order chi connectivity index (χ0) is 12.4. The van der Waals surface area contributed by atoms with Gasteiger partial charge in [-0.3, -0.25) is 4.90 Å². The Morgan fingerprint density at radius 3 is 2.89 bits per heavy atom. The van der Waals surface area contributed by atoms with E-state index in [-0.39, 0.29) is 5.60 Å². The Hall–Kier alpha value is 0.230. The van der Waals surface area contributed by atoms with Gasteiger partial charge >= 0.3 is 0 Å². The van der Waals surface area contributed by atoms with E-state index in [1.165, 1.54) is 50.2 Å². The summed E-state index contributed by atoms with van der Waals surface area (Å²) in [5.74, 6) is 2.52. The topological polar surface area (TPSA) is 32.7 Å². The van der Waals surface area contributed by atoms with Gasteiger partial charge in [0.15, 0.2) is 0 Å². The quantitative estimate of drug-likeness (QED) is 0.831. The molecule has 0 bridgehead atoms. The molecule has 0 aromatic heterocycles. The summed E-state index contributed by atoms with van der Waals surface area (Å²) >= 11 is 2.07. The second kappa shape index (κ2) is 5.70. The van der Waals surface area contributed by atoms with Crippen molar-refractivity contribution < 1.29 is 9.84 Å². The van der Waals surface area contributed by atoms with Crippen LogP contribution in [0.2, 0.25) is 0 Å². The van der Waals surface area contributed by atoms with Gasteiger partial charge in [-0.25, -0.2) is 0 Å². The van der Waals surface area contributed by atoms with Crippen LogP contribution in [0.5, 0.6) is 0 Å². The molecule has 3 aliphatic heterocycles. The van der Waals surface area contributed by atoms with Crippen molar-refractivity contribution in [1.82, 2.24) is 4.90 Å². The number of thioether (sulfide) groups is 1. The molecule has 104 valence electrons. The molecule has 0 radical (unpaired) electrons. The molecule has 0 saturated carbocycles. The number of likely N-dealkylation sites (tertiary alicyclic amines) is 1. The highest BCUT2D eigenvalue weighted by atomic mass is 32.2. The zero-order valence-electron chi connectivity index (χ0n) is 11.1. The van der Waals surface area contributed by atoms with Crippen molar-refractivity contribution in [2.45, 2.75) is 56.2 Å². The molecular weight excluding hydrogens is 246 g/mol. The Morgan fingerprint density at radius 2 is 2.11 bits per heavy atom. The van der Waals surface area contributed by atoms with Crippen molar-refractivity contribution >= 4 is 11.8 Å². The molecular formula is C14H25NO2S. The molecule has 1 spiro atoms. The summed E-state index contributed by atoms with van der Waals surface area (Å²) in [6, 6.07) is 1.07. The molecule has 3 aliphatic rings. The summed E-state index contributed by atoms with van der Waals surface area (Å²) in [6.07, 6.45) is 7.25. The van der Waals surface area contributed by atoms with Gasteiger partial charge in [-0.15, -0.1) is 0 Å². The van der Waals surface area contributed by atoms with Gasteiger partial charge in [0.2, 0.25) is 0 Å². The fourth-order valence-corrected chi connectivity index (χ4v) is 5.15. The van der Waals surface area contributed by atoms with E-state index in [2.05, 4.69) is 16.7 Å². The van der Waals surface area contributed by atoms with E-state index in [0.717, 1.165) is 13.0 Å². The summed E-state index contributed by atoms with van der Waals surface area (Å²) in [5.41, 5.74) is 0.177. The molecule has 0 amide bonds. The van der Waals surface area contributed by atoms with Crippen LogP contribution in [0.25, 0.3) is 0 Å². The molecule has 3 fully saturated rings. The molecule has 3 saturated heterocycles. The van der Waals surface area contributed by atoms with Crippen LogP contribution in [0.1, 0.15) is 38.5 Å². The average Bonchev–Trinajstić information content (AvgIpc) is 2.88. The lowest BCUT2D eigenvalue weighted by Gasteiger charge is -2.46. The highest BCUT2D eigenvalue weighted by Gasteiger charge is 2.42. The minimum Gasteiger partial charge on any atom is -0.395 e. The molecule has 3 heterocycles. The third-order valence-corrected chi connectivity index (χ3v) is 5.96. The van der Waals surface area contributed by atoms with Crippen molar-refractivity contribution in [1.29, 1.82) is 0 Å². The average molecular weight is 271 g/mol. The molecule has 1 unspecified atom stereocenters. The highest BCUT2D eigenvalue weighted by molar-refractivity contribution is 7.99. The van der Waals surface area contributed by atoms with Gasteiger partial charge in [0, 0.05) is 18.7 Å². The van der Waals surface area contributed by atoms with E-state index in [9.17, 15) is 5.11 Å². The van der Waals surface area contributed by atoms with Crippen molar-refractivity contribution in [3.05, 3.63) is 0 Å². The molecule has 0 aliphatic carbocycles. The first-order valence-corrected chi connectivity index (χ1v) is 8.57. The Kier molecular flexibility index (Phi) is 4.18. The molecule has 18 heavy (non-hydrogen) atoms. The second-order valence-electron chi connectivity index (χ2n) is 6.01. The van der Waals surface area contributed by atoms with Crippen LogP contribution in [-0.2, 0) is 4.74 Å². The predicted molar refractivity (Wildman–Crippen MR) is 75.1 cm³/mol. The van der Waals surface area contributed by atoms with Crippen LogP contribution in [0, 0.1) is 0 Å². The van der Waals surface area contributed by atoms with Crippen LogP contribution in [0.4, 0.5) is 0 Å². The largest absolute Gasteiger partial charge is 0.395 e. The molecule has 2 atom stereocenters. The maximum atomic E-state index is 9.49. The van der Waals surface area contributed by atoms with E-state index in [4.69, 9.17) is 4.74 Å². The molecule has 1 N–H and O–H groups in total. The molecule has 0 aromatic carbocycles. The number of nitrogens with zero attached hydrogens (tertiary/aromatic N) is 1. The van der Waals surface area contributed by atoms with E-state index < -0.39 is 0 Å². The first-order valence-electron chi connectivity index (χ1n) is 7.41. The molecule has 3 nitrogen and oxygen atoms in total. The van der Waals surface area contributed by atoms with Crippen molar-refractivity contribution in [2.24, 2.45) is 0 Å². The summed E-state index contributed by atoms with van der Waals surface area (Å²) in [6.45, 7) is 2.44. The maximum absolute atomic E-state index is 9.49. The van der Waals surface area contributed by atoms with E-state index >= 15 is 0 Å². The van der Waals surface area contributed by atoms with Crippen LogP contribution in [0.3, 0.4) is 0 Å². The number of hydrogen-bond acceptors (Lipinski definition) is 4. The van der Waals surface area contributed by atoms with Gasteiger partial charge in [0.25, 0.3) is 0 Å². The summed E-state index contributed by atoms with van der Waals surface area (Å²) < 4.78 is 6.16. The molecule has 4 heteroatoms. The van der Waals surface area contributed by atoms with Crippen LogP contribution >= 0.6 is 11.8 Å². The first-order chi connectivity index (χ1) is 8.83. The summed E-state index contributed by atoms with van der Waals surface area (Å²) in [7, 11) is 0. The van der Waals surface area contributed by atoms with E-state index in [1.54, 1.807) is 0 Å². The normalized spacial score (nSPS) is 37.2. The molecule has 3 rings (SSSR count). The van der Waals surface area contributed by atoms with Gasteiger partial charge in [-0.1, -0.05) is 0 Å². The minimum atomic E-state index is 0.177. The van der Waals surface area contributed by atoms with Gasteiger partial charge in [-0.2, -0.15) is 11.8 Å². The van der Waals surface area contributed by atoms with Crippen molar-refractivity contribution in [2.75, 3.05) is 31.3 Å². The lowest BCUT2D eigenvalue weighted by atomic mass is 9.84. The third kappa shape index (κ3) is 2.58. The lowest BCUT2D eigenvalue weighted by Crippen LogP contribution is -2.52.